The van der Waals surface area contributed by atoms with Crippen LogP contribution >= 0.6 is 11.6 Å². The normalized spacial score (nSPS) is 16.4. The van der Waals surface area contributed by atoms with Crippen LogP contribution < -0.4 is 0 Å². The number of amides is 1. The number of benzene rings is 1. The first kappa shape index (κ1) is 19.4. The number of nitrogens with zero attached hydrogens (tertiary/aromatic N) is 3. The number of aryl methyl sites for hydroxylation is 1. The summed E-state index contributed by atoms with van der Waals surface area (Å²) in [5, 5.41) is 24.3. The van der Waals surface area contributed by atoms with Crippen LogP contribution in [0.1, 0.15) is 40.2 Å². The lowest BCUT2D eigenvalue weighted by Crippen LogP contribution is -2.51. The molecular weight excluding hydrogens is 370 g/mol. The average molecular weight is 392 g/mol. The van der Waals surface area contributed by atoms with E-state index in [0.29, 0.717) is 22.8 Å². The highest BCUT2D eigenvalue weighted by Gasteiger charge is 2.41. The van der Waals surface area contributed by atoms with Gasteiger partial charge in [0.1, 0.15) is 0 Å². The Morgan fingerprint density at radius 1 is 1.22 bits per heavy atom. The first-order valence-corrected chi connectivity index (χ1v) is 9.13. The van der Waals surface area contributed by atoms with Crippen molar-refractivity contribution in [3.05, 3.63) is 51.8 Å². The quantitative estimate of drug-likeness (QED) is 0.833. The Balaban J connectivity index is 1.80. The summed E-state index contributed by atoms with van der Waals surface area (Å²) in [4.78, 5) is 25.7. The Morgan fingerprint density at radius 2 is 1.85 bits per heavy atom. The summed E-state index contributed by atoms with van der Waals surface area (Å²) < 4.78 is 1.75. The largest absolute Gasteiger partial charge is 0.479 e. The van der Waals surface area contributed by atoms with Crippen LogP contribution in [0.5, 0.6) is 0 Å². The van der Waals surface area contributed by atoms with Crippen LogP contribution in [-0.2, 0) is 11.3 Å². The summed E-state index contributed by atoms with van der Waals surface area (Å²) in [7, 11) is 0. The van der Waals surface area contributed by atoms with Crippen molar-refractivity contribution in [3.63, 3.8) is 0 Å². The zero-order valence-electron chi connectivity index (χ0n) is 15.3. The van der Waals surface area contributed by atoms with Gasteiger partial charge >= 0.3 is 5.97 Å². The second kappa shape index (κ2) is 7.32. The van der Waals surface area contributed by atoms with E-state index in [1.165, 1.54) is 0 Å². The summed E-state index contributed by atoms with van der Waals surface area (Å²) >= 11 is 6.22. The molecule has 2 N–H and O–H groups in total. The first-order chi connectivity index (χ1) is 12.7. The molecule has 1 saturated heterocycles. The van der Waals surface area contributed by atoms with Crippen molar-refractivity contribution in [2.24, 2.45) is 0 Å². The predicted molar refractivity (Wildman–Crippen MR) is 100.0 cm³/mol. The predicted octanol–water partition coefficient (Wildman–Crippen LogP) is 2.25. The summed E-state index contributed by atoms with van der Waals surface area (Å²) in [6.45, 7) is 4.45. The fraction of sp³-hybridized carbons (Fsp3) is 0.421. The van der Waals surface area contributed by atoms with Crippen LogP contribution in [0, 0.1) is 13.8 Å². The van der Waals surface area contributed by atoms with Crippen molar-refractivity contribution in [1.82, 2.24) is 14.7 Å². The molecule has 0 aliphatic carbocycles. The fourth-order valence-electron chi connectivity index (χ4n) is 3.40. The molecule has 0 saturated carbocycles. The molecule has 0 spiro atoms. The van der Waals surface area contributed by atoms with Crippen molar-refractivity contribution in [2.45, 2.75) is 38.8 Å². The molecule has 2 heterocycles. The van der Waals surface area contributed by atoms with E-state index in [4.69, 9.17) is 16.7 Å². The van der Waals surface area contributed by atoms with Gasteiger partial charge in [-0.1, -0.05) is 29.8 Å². The van der Waals surface area contributed by atoms with Crippen molar-refractivity contribution in [1.29, 1.82) is 0 Å². The van der Waals surface area contributed by atoms with Gasteiger partial charge in [-0.15, -0.1) is 0 Å². The van der Waals surface area contributed by atoms with Crippen molar-refractivity contribution >= 4 is 23.5 Å². The highest BCUT2D eigenvalue weighted by atomic mass is 35.5. The third kappa shape index (κ3) is 3.70. The highest BCUT2D eigenvalue weighted by Crippen LogP contribution is 2.26. The Hall–Kier alpha value is -2.38. The zero-order valence-corrected chi connectivity index (χ0v) is 16.0. The fourth-order valence-corrected chi connectivity index (χ4v) is 3.60. The molecule has 1 aromatic carbocycles. The Labute approximate surface area is 162 Å². The van der Waals surface area contributed by atoms with E-state index in [2.05, 4.69) is 5.10 Å². The molecule has 8 heteroatoms. The number of halogens is 1. The van der Waals surface area contributed by atoms with E-state index in [1.54, 1.807) is 16.5 Å². The number of carboxylic acids is 1. The SMILES string of the molecule is Cc1nn(Cc2ccccc2Cl)c(C)c1C(=O)N1CCC(O)(C(=O)O)CC1. The minimum absolute atomic E-state index is 0.0138. The molecule has 1 fully saturated rings. The van der Waals surface area contributed by atoms with Gasteiger partial charge in [0.2, 0.25) is 0 Å². The molecule has 27 heavy (non-hydrogen) atoms. The maximum atomic E-state index is 13.0. The van der Waals surface area contributed by atoms with Crippen LogP contribution in [0.25, 0.3) is 0 Å². The second-order valence-electron chi connectivity index (χ2n) is 6.92. The molecular formula is C19H22ClN3O4. The van der Waals surface area contributed by atoms with E-state index in [9.17, 15) is 14.7 Å². The molecule has 144 valence electrons. The van der Waals surface area contributed by atoms with Gasteiger partial charge in [0.25, 0.3) is 5.91 Å². The second-order valence-corrected chi connectivity index (χ2v) is 7.33. The summed E-state index contributed by atoms with van der Waals surface area (Å²) in [6.07, 6.45) is 0.0276. The van der Waals surface area contributed by atoms with Crippen LogP contribution in [0.2, 0.25) is 5.02 Å². The van der Waals surface area contributed by atoms with Gasteiger partial charge in [0, 0.05) is 36.6 Å². The number of carbonyl (C=O) groups excluding carboxylic acids is 1. The maximum Gasteiger partial charge on any atom is 0.335 e. The molecule has 2 aromatic rings. The van der Waals surface area contributed by atoms with Crippen LogP contribution in [0.3, 0.4) is 0 Å². The molecule has 0 bridgehead atoms. The number of rotatable bonds is 4. The third-order valence-electron chi connectivity index (χ3n) is 5.15. The van der Waals surface area contributed by atoms with Gasteiger partial charge in [-0.3, -0.25) is 9.48 Å². The van der Waals surface area contributed by atoms with Gasteiger partial charge in [0.05, 0.1) is 17.8 Å². The van der Waals surface area contributed by atoms with Gasteiger partial charge in [-0.05, 0) is 25.5 Å². The lowest BCUT2D eigenvalue weighted by atomic mass is 9.91. The number of hydrogen-bond acceptors (Lipinski definition) is 4. The topological polar surface area (TPSA) is 95.7 Å². The molecule has 0 unspecified atom stereocenters. The number of piperidine rings is 1. The van der Waals surface area contributed by atoms with Gasteiger partial charge in [0.15, 0.2) is 5.60 Å². The standard InChI is InChI=1S/C19H22ClN3O4/c1-12-16(17(24)22-9-7-19(27,8-10-22)18(25)26)13(2)23(21-12)11-14-5-3-4-6-15(14)20/h3-6,27H,7-11H2,1-2H3,(H,25,26). The van der Waals surface area contributed by atoms with Gasteiger partial charge < -0.3 is 15.1 Å². The summed E-state index contributed by atoms with van der Waals surface area (Å²) in [6, 6.07) is 7.48. The van der Waals surface area contributed by atoms with Crippen molar-refractivity contribution in [3.8, 4) is 0 Å². The van der Waals surface area contributed by atoms with Crippen molar-refractivity contribution in [2.75, 3.05) is 13.1 Å². The molecule has 0 radical (unpaired) electrons. The lowest BCUT2D eigenvalue weighted by Gasteiger charge is -2.35. The van der Waals surface area contributed by atoms with E-state index >= 15 is 0 Å². The number of hydrogen-bond donors (Lipinski definition) is 2. The molecule has 3 rings (SSSR count). The number of carbonyl (C=O) groups is 2. The van der Waals surface area contributed by atoms with E-state index in [1.807, 2.05) is 31.2 Å². The Morgan fingerprint density at radius 3 is 2.44 bits per heavy atom. The summed E-state index contributed by atoms with van der Waals surface area (Å²) in [5.74, 6) is -1.43. The minimum Gasteiger partial charge on any atom is -0.479 e. The van der Waals surface area contributed by atoms with Crippen LogP contribution in [0.4, 0.5) is 0 Å². The molecule has 7 nitrogen and oxygen atoms in total. The number of aromatic nitrogens is 2. The molecule has 1 amide bonds. The number of aliphatic carboxylic acids is 1. The first-order valence-electron chi connectivity index (χ1n) is 8.75. The Kier molecular flexibility index (Phi) is 5.26. The number of likely N-dealkylation sites (tertiary alicyclic amines) is 1. The van der Waals surface area contributed by atoms with Crippen molar-refractivity contribution < 1.29 is 19.8 Å². The lowest BCUT2D eigenvalue weighted by molar-refractivity contribution is -0.162. The van der Waals surface area contributed by atoms with Gasteiger partial charge in [-0.2, -0.15) is 5.10 Å². The minimum atomic E-state index is -1.75. The molecule has 1 aliphatic heterocycles. The third-order valence-corrected chi connectivity index (χ3v) is 5.52. The van der Waals surface area contributed by atoms with Gasteiger partial charge in [-0.25, -0.2) is 4.79 Å². The average Bonchev–Trinajstić information content (AvgIpc) is 2.90. The van der Waals surface area contributed by atoms with E-state index < -0.39 is 11.6 Å². The smallest absolute Gasteiger partial charge is 0.335 e. The molecule has 0 atom stereocenters. The van der Waals surface area contributed by atoms with Crippen LogP contribution in [0.15, 0.2) is 24.3 Å². The molecule has 1 aliphatic rings. The van der Waals surface area contributed by atoms with E-state index in [0.717, 1.165) is 11.3 Å². The monoisotopic (exact) mass is 391 g/mol. The summed E-state index contributed by atoms with van der Waals surface area (Å²) in [5.41, 5.74) is 1.02. The number of carboxylic acid groups (broad SMARTS) is 1. The van der Waals surface area contributed by atoms with E-state index in [-0.39, 0.29) is 31.8 Å². The zero-order chi connectivity index (χ0) is 19.8. The highest BCUT2D eigenvalue weighted by molar-refractivity contribution is 6.31. The molecule has 1 aromatic heterocycles. The Bertz CT molecular complexity index is 885. The number of aliphatic hydroxyl groups is 1. The maximum absolute atomic E-state index is 13.0. The van der Waals surface area contributed by atoms with Crippen LogP contribution in [-0.4, -0.2) is 55.5 Å².